The van der Waals surface area contributed by atoms with E-state index in [9.17, 15) is 0 Å². The summed E-state index contributed by atoms with van der Waals surface area (Å²) in [6, 6.07) is 4.25. The van der Waals surface area contributed by atoms with Crippen LogP contribution in [0, 0.1) is 5.92 Å². The Labute approximate surface area is 158 Å². The van der Waals surface area contributed by atoms with Crippen LogP contribution in [0.15, 0.2) is 20.9 Å². The minimum absolute atomic E-state index is 0.226. The van der Waals surface area contributed by atoms with Gasteiger partial charge in [-0.3, -0.25) is 9.89 Å². The fraction of sp³-hybridized carbons (Fsp3) is 0.706. The number of ether oxygens (including phenoxy) is 1. The van der Waals surface area contributed by atoms with Crippen molar-refractivity contribution in [3.05, 3.63) is 20.8 Å². The summed E-state index contributed by atoms with van der Waals surface area (Å²) in [5, 5.41) is 6.76. The van der Waals surface area contributed by atoms with Crippen LogP contribution in [0.25, 0.3) is 0 Å². The van der Waals surface area contributed by atoms with Gasteiger partial charge in [0.2, 0.25) is 0 Å². The summed E-state index contributed by atoms with van der Waals surface area (Å²) in [7, 11) is 1.81. The first-order chi connectivity index (χ1) is 11.6. The number of nitrogens with one attached hydrogen (secondary N) is 2. The van der Waals surface area contributed by atoms with Crippen molar-refractivity contribution in [2.24, 2.45) is 10.9 Å². The van der Waals surface area contributed by atoms with E-state index in [2.05, 4.69) is 62.4 Å². The maximum Gasteiger partial charge on any atom is 0.191 e. The molecule has 0 saturated carbocycles. The summed E-state index contributed by atoms with van der Waals surface area (Å²) in [4.78, 5) is 8.15. The second-order valence-corrected chi connectivity index (χ2v) is 9.03. The molecule has 1 unspecified atom stereocenters. The predicted octanol–water partition coefficient (Wildman–Crippen LogP) is 2.57. The largest absolute Gasteiger partial charge is 0.374 e. The van der Waals surface area contributed by atoms with Gasteiger partial charge in [0.1, 0.15) is 0 Å². The molecule has 0 spiro atoms. The summed E-state index contributed by atoms with van der Waals surface area (Å²) in [5.74, 6) is 1.54. The maximum absolute atomic E-state index is 5.87. The molecule has 5 nitrogen and oxygen atoms in total. The number of halogens is 1. The van der Waals surface area contributed by atoms with E-state index in [1.807, 2.05) is 7.05 Å². The molecule has 1 aliphatic rings. The van der Waals surface area contributed by atoms with Crippen LogP contribution in [-0.4, -0.2) is 63.3 Å². The lowest BCUT2D eigenvalue weighted by Crippen LogP contribution is -2.50. The summed E-state index contributed by atoms with van der Waals surface area (Å²) in [6.45, 7) is 10.2. The van der Waals surface area contributed by atoms with E-state index in [0.29, 0.717) is 5.92 Å². The zero-order chi connectivity index (χ0) is 17.4. The van der Waals surface area contributed by atoms with Gasteiger partial charge < -0.3 is 15.4 Å². The molecule has 0 bridgehead atoms. The van der Waals surface area contributed by atoms with E-state index < -0.39 is 0 Å². The molecular formula is C17H29BrN4OS. The van der Waals surface area contributed by atoms with Crippen LogP contribution in [0.5, 0.6) is 0 Å². The van der Waals surface area contributed by atoms with Gasteiger partial charge in [0, 0.05) is 44.6 Å². The molecule has 1 fully saturated rings. The Bertz CT molecular complexity index is 520. The Balaban J connectivity index is 1.67. The van der Waals surface area contributed by atoms with Crippen molar-refractivity contribution in [3.8, 4) is 0 Å². The van der Waals surface area contributed by atoms with Gasteiger partial charge in [-0.1, -0.05) is 13.8 Å². The van der Waals surface area contributed by atoms with Crippen LogP contribution in [-0.2, 0) is 11.2 Å². The van der Waals surface area contributed by atoms with Crippen LogP contribution in [0.1, 0.15) is 18.7 Å². The zero-order valence-electron chi connectivity index (χ0n) is 14.8. The number of rotatable bonds is 7. The molecule has 0 amide bonds. The minimum Gasteiger partial charge on any atom is -0.374 e. The van der Waals surface area contributed by atoms with Crippen molar-refractivity contribution < 1.29 is 4.74 Å². The third-order valence-corrected chi connectivity index (χ3v) is 5.54. The minimum atomic E-state index is 0.226. The monoisotopic (exact) mass is 416 g/mol. The Morgan fingerprint density at radius 2 is 2.29 bits per heavy atom. The average Bonchev–Trinajstić information content (AvgIpc) is 2.96. The number of guanidine groups is 1. The number of aliphatic imine (C=N–C) groups is 1. The highest BCUT2D eigenvalue weighted by Crippen LogP contribution is 2.22. The van der Waals surface area contributed by atoms with Gasteiger partial charge in [-0.05, 0) is 40.4 Å². The summed E-state index contributed by atoms with van der Waals surface area (Å²) < 4.78 is 7.05. The Morgan fingerprint density at radius 1 is 1.46 bits per heavy atom. The van der Waals surface area contributed by atoms with Crippen molar-refractivity contribution in [3.63, 3.8) is 0 Å². The Hall–Kier alpha value is -0.630. The first-order valence-electron chi connectivity index (χ1n) is 8.59. The standard InChI is InChI=1S/C17H29BrN4OS/c1-13(2)11-22-8-9-23-14(12-22)10-21-17(19-3)20-7-6-15-4-5-16(18)24-15/h4-5,13-14H,6-12H2,1-3H3,(H2,19,20,21). The first-order valence-corrected chi connectivity index (χ1v) is 10.2. The molecule has 0 radical (unpaired) electrons. The van der Waals surface area contributed by atoms with Gasteiger partial charge in [-0.25, -0.2) is 0 Å². The number of morpholine rings is 1. The molecule has 7 heteroatoms. The normalized spacial score (nSPS) is 19.7. The molecule has 24 heavy (non-hydrogen) atoms. The van der Waals surface area contributed by atoms with Gasteiger partial charge in [-0.15, -0.1) is 11.3 Å². The molecular weight excluding hydrogens is 388 g/mol. The predicted molar refractivity (Wildman–Crippen MR) is 106 cm³/mol. The van der Waals surface area contributed by atoms with Crippen molar-refractivity contribution in [2.45, 2.75) is 26.4 Å². The highest BCUT2D eigenvalue weighted by Gasteiger charge is 2.20. The number of thiophene rings is 1. The van der Waals surface area contributed by atoms with Gasteiger partial charge in [0.15, 0.2) is 5.96 Å². The van der Waals surface area contributed by atoms with Crippen molar-refractivity contribution in [2.75, 3.05) is 46.4 Å². The fourth-order valence-corrected chi connectivity index (χ4v) is 4.29. The number of hydrogen-bond donors (Lipinski definition) is 2. The molecule has 1 atom stereocenters. The molecule has 2 N–H and O–H groups in total. The molecule has 136 valence electrons. The van der Waals surface area contributed by atoms with Crippen LogP contribution >= 0.6 is 27.3 Å². The van der Waals surface area contributed by atoms with E-state index >= 15 is 0 Å². The summed E-state index contributed by atoms with van der Waals surface area (Å²) in [6.07, 6.45) is 1.23. The Morgan fingerprint density at radius 3 is 2.96 bits per heavy atom. The lowest BCUT2D eigenvalue weighted by atomic mass is 10.2. The van der Waals surface area contributed by atoms with Crippen LogP contribution < -0.4 is 10.6 Å². The Kier molecular flexibility index (Phi) is 8.52. The number of hydrogen-bond acceptors (Lipinski definition) is 4. The third kappa shape index (κ3) is 7.09. The molecule has 1 saturated heterocycles. The van der Waals surface area contributed by atoms with Crippen molar-refractivity contribution in [1.82, 2.24) is 15.5 Å². The second kappa shape index (κ2) is 10.4. The third-order valence-electron chi connectivity index (χ3n) is 3.86. The van der Waals surface area contributed by atoms with E-state index in [4.69, 9.17) is 4.74 Å². The molecule has 0 aromatic carbocycles. The lowest BCUT2D eigenvalue weighted by molar-refractivity contribution is -0.0284. The quantitative estimate of drug-likeness (QED) is 0.529. The van der Waals surface area contributed by atoms with Gasteiger partial charge >= 0.3 is 0 Å². The van der Waals surface area contributed by atoms with Crippen LogP contribution in [0.4, 0.5) is 0 Å². The zero-order valence-corrected chi connectivity index (χ0v) is 17.3. The lowest BCUT2D eigenvalue weighted by Gasteiger charge is -2.34. The van der Waals surface area contributed by atoms with Gasteiger partial charge in [0.25, 0.3) is 0 Å². The summed E-state index contributed by atoms with van der Waals surface area (Å²) in [5.41, 5.74) is 0. The summed E-state index contributed by atoms with van der Waals surface area (Å²) >= 11 is 5.28. The highest BCUT2D eigenvalue weighted by atomic mass is 79.9. The van der Waals surface area contributed by atoms with Crippen LogP contribution in [0.2, 0.25) is 0 Å². The van der Waals surface area contributed by atoms with E-state index in [1.165, 1.54) is 8.66 Å². The van der Waals surface area contributed by atoms with Crippen molar-refractivity contribution >= 4 is 33.2 Å². The second-order valence-electron chi connectivity index (χ2n) is 6.48. The van der Waals surface area contributed by atoms with Crippen molar-refractivity contribution in [1.29, 1.82) is 0 Å². The maximum atomic E-state index is 5.87. The molecule has 1 aromatic heterocycles. The van der Waals surface area contributed by atoms with Crippen LogP contribution in [0.3, 0.4) is 0 Å². The first kappa shape index (κ1) is 19.7. The van der Waals surface area contributed by atoms with E-state index in [-0.39, 0.29) is 6.10 Å². The molecule has 2 rings (SSSR count). The number of nitrogens with zero attached hydrogens (tertiary/aromatic N) is 2. The molecule has 0 aliphatic carbocycles. The SMILES string of the molecule is CN=C(NCCc1ccc(Br)s1)NCC1CN(CC(C)C)CCO1. The van der Waals surface area contributed by atoms with E-state index in [1.54, 1.807) is 11.3 Å². The topological polar surface area (TPSA) is 48.9 Å². The van der Waals surface area contributed by atoms with Gasteiger partial charge in [0.05, 0.1) is 16.5 Å². The molecule has 2 heterocycles. The average molecular weight is 417 g/mol. The molecule has 1 aliphatic heterocycles. The molecule has 1 aromatic rings. The highest BCUT2D eigenvalue weighted by molar-refractivity contribution is 9.11. The van der Waals surface area contributed by atoms with Gasteiger partial charge in [-0.2, -0.15) is 0 Å². The van der Waals surface area contributed by atoms with E-state index in [0.717, 1.165) is 51.7 Å². The smallest absolute Gasteiger partial charge is 0.191 e. The fourth-order valence-electron chi connectivity index (χ4n) is 2.81.